The van der Waals surface area contributed by atoms with Gasteiger partial charge in [-0.25, -0.2) is 9.97 Å². The van der Waals surface area contributed by atoms with Gasteiger partial charge < -0.3 is 10.6 Å². The van der Waals surface area contributed by atoms with Gasteiger partial charge in [-0.2, -0.15) is 17.7 Å². The highest BCUT2D eigenvalue weighted by Gasteiger charge is 2.31. The molecule has 4 aromatic rings. The van der Waals surface area contributed by atoms with Gasteiger partial charge >= 0.3 is 6.18 Å². The predicted octanol–water partition coefficient (Wildman–Crippen LogP) is 4.04. The number of hydrogen-bond acceptors (Lipinski definition) is 5. The zero-order chi connectivity index (χ0) is 22.3. The van der Waals surface area contributed by atoms with Gasteiger partial charge in [0.15, 0.2) is 11.5 Å². The van der Waals surface area contributed by atoms with Crippen LogP contribution in [0.15, 0.2) is 48.5 Å². The van der Waals surface area contributed by atoms with E-state index in [0.717, 1.165) is 25.0 Å². The number of nitrogens with zero attached hydrogens (tertiary/aromatic N) is 4. The molecule has 0 unspecified atom stereocenters. The molecule has 0 radical (unpaired) electrons. The summed E-state index contributed by atoms with van der Waals surface area (Å²) in [5.41, 5.74) is 0.551. The van der Waals surface area contributed by atoms with Crippen LogP contribution in [-0.2, 0) is 11.0 Å². The summed E-state index contributed by atoms with van der Waals surface area (Å²) in [6.07, 6.45) is -2.06. The molecule has 32 heavy (non-hydrogen) atoms. The van der Waals surface area contributed by atoms with E-state index < -0.39 is 17.8 Å². The summed E-state index contributed by atoms with van der Waals surface area (Å²) in [5.74, 6) is 0.331. The monoisotopic (exact) mass is 440 g/mol. The van der Waals surface area contributed by atoms with Gasteiger partial charge in [0.1, 0.15) is 6.04 Å². The average molecular weight is 440 g/mol. The molecule has 2 aromatic carbocycles. The molecular formula is C22H19F3N6O. The van der Waals surface area contributed by atoms with E-state index in [-0.39, 0.29) is 17.3 Å². The second-order valence-electron chi connectivity index (χ2n) is 7.69. The highest BCUT2D eigenvalue weighted by atomic mass is 19.4. The highest BCUT2D eigenvalue weighted by molar-refractivity contribution is 5.93. The van der Waals surface area contributed by atoms with Gasteiger partial charge in [0.05, 0.1) is 11.1 Å². The van der Waals surface area contributed by atoms with Crippen LogP contribution in [0.1, 0.15) is 24.8 Å². The summed E-state index contributed by atoms with van der Waals surface area (Å²) in [6.45, 7) is 0.626. The van der Waals surface area contributed by atoms with Crippen molar-refractivity contribution in [1.82, 2.24) is 24.9 Å². The summed E-state index contributed by atoms with van der Waals surface area (Å²) < 4.78 is 41.0. The Morgan fingerprint density at radius 2 is 1.91 bits per heavy atom. The van der Waals surface area contributed by atoms with Gasteiger partial charge in [-0.3, -0.25) is 4.79 Å². The van der Waals surface area contributed by atoms with Crippen molar-refractivity contribution < 1.29 is 18.0 Å². The fourth-order valence-electron chi connectivity index (χ4n) is 3.84. The van der Waals surface area contributed by atoms with E-state index in [1.807, 2.05) is 24.3 Å². The smallest absolute Gasteiger partial charge is 0.354 e. The van der Waals surface area contributed by atoms with Gasteiger partial charge in [-0.15, -0.1) is 5.10 Å². The number of rotatable bonds is 3. The zero-order valence-electron chi connectivity index (χ0n) is 16.9. The van der Waals surface area contributed by atoms with Crippen molar-refractivity contribution in [2.75, 3.05) is 11.9 Å². The molecule has 7 nitrogen and oxygen atoms in total. The van der Waals surface area contributed by atoms with E-state index in [1.165, 1.54) is 16.6 Å². The third kappa shape index (κ3) is 3.72. The van der Waals surface area contributed by atoms with Crippen LogP contribution in [0.5, 0.6) is 0 Å². The van der Waals surface area contributed by atoms with Crippen molar-refractivity contribution in [3.63, 3.8) is 0 Å². The lowest BCUT2D eigenvalue weighted by molar-refractivity contribution is -0.137. The standard InChI is InChI=1S/C22H19F3N6O/c23-22(24,25)14-7-5-6-13(12-14)18-29-19-15-8-1-2-9-16(15)27-21(31(19)30-18)28-17-10-3-4-11-26-20(17)32/h1-2,5-9,12,17H,3-4,10-11H2,(H,26,32)(H,27,28)/t17-/m1/s1. The first-order chi connectivity index (χ1) is 15.4. The minimum absolute atomic E-state index is 0.121. The number of carbonyl (C=O) groups excluding carboxylic acids is 1. The molecule has 1 aliphatic heterocycles. The topological polar surface area (TPSA) is 84.2 Å². The molecule has 2 aromatic heterocycles. The minimum atomic E-state index is -4.47. The van der Waals surface area contributed by atoms with E-state index >= 15 is 0 Å². The Bertz CT molecular complexity index is 1320. The lowest BCUT2D eigenvalue weighted by Crippen LogP contribution is -2.38. The number of carbonyl (C=O) groups is 1. The van der Waals surface area contributed by atoms with Crippen LogP contribution < -0.4 is 10.6 Å². The Morgan fingerprint density at radius 1 is 1.06 bits per heavy atom. The minimum Gasteiger partial charge on any atom is -0.354 e. The molecule has 1 atom stereocenters. The molecule has 0 bridgehead atoms. The van der Waals surface area contributed by atoms with Crippen LogP contribution in [0.25, 0.3) is 27.9 Å². The maximum atomic E-state index is 13.2. The maximum absolute atomic E-state index is 13.2. The second kappa shape index (κ2) is 7.77. The molecule has 0 saturated carbocycles. The number of amides is 1. The van der Waals surface area contributed by atoms with Crippen molar-refractivity contribution >= 4 is 28.4 Å². The quantitative estimate of drug-likeness (QED) is 0.502. The van der Waals surface area contributed by atoms with Gasteiger partial charge in [-0.1, -0.05) is 24.3 Å². The highest BCUT2D eigenvalue weighted by Crippen LogP contribution is 2.32. The van der Waals surface area contributed by atoms with Gasteiger partial charge in [-0.05, 0) is 43.5 Å². The van der Waals surface area contributed by atoms with Crippen molar-refractivity contribution in [3.05, 3.63) is 54.1 Å². The molecule has 5 rings (SSSR count). The number of halogens is 3. The largest absolute Gasteiger partial charge is 0.416 e. The van der Waals surface area contributed by atoms with Crippen molar-refractivity contribution in [2.45, 2.75) is 31.5 Å². The number of nitrogens with one attached hydrogen (secondary N) is 2. The van der Waals surface area contributed by atoms with Gasteiger partial charge in [0.25, 0.3) is 0 Å². The molecule has 1 fully saturated rings. The van der Waals surface area contributed by atoms with E-state index in [1.54, 1.807) is 0 Å². The predicted molar refractivity (Wildman–Crippen MR) is 113 cm³/mol. The van der Waals surface area contributed by atoms with E-state index in [0.29, 0.717) is 35.5 Å². The average Bonchev–Trinajstić information content (AvgIpc) is 3.14. The Morgan fingerprint density at radius 3 is 2.75 bits per heavy atom. The summed E-state index contributed by atoms with van der Waals surface area (Å²) in [6, 6.07) is 11.7. The van der Waals surface area contributed by atoms with E-state index in [9.17, 15) is 18.0 Å². The zero-order valence-corrected chi connectivity index (χ0v) is 16.9. The molecule has 1 saturated heterocycles. The Balaban J connectivity index is 1.65. The Hall–Kier alpha value is -3.69. The lowest BCUT2D eigenvalue weighted by atomic mass is 10.1. The van der Waals surface area contributed by atoms with Crippen molar-refractivity contribution in [1.29, 1.82) is 0 Å². The first kappa shape index (κ1) is 20.2. The van der Waals surface area contributed by atoms with E-state index in [2.05, 4.69) is 25.7 Å². The Labute approximate surface area is 180 Å². The van der Waals surface area contributed by atoms with Crippen LogP contribution in [0.2, 0.25) is 0 Å². The fourth-order valence-corrected chi connectivity index (χ4v) is 3.84. The van der Waals surface area contributed by atoms with Gasteiger partial charge in [0, 0.05) is 17.5 Å². The molecule has 164 valence electrons. The van der Waals surface area contributed by atoms with Crippen LogP contribution in [0.4, 0.5) is 19.1 Å². The van der Waals surface area contributed by atoms with Crippen LogP contribution in [0.3, 0.4) is 0 Å². The van der Waals surface area contributed by atoms with E-state index in [4.69, 9.17) is 0 Å². The number of benzene rings is 2. The number of fused-ring (bicyclic) bond motifs is 3. The molecule has 10 heteroatoms. The maximum Gasteiger partial charge on any atom is 0.416 e. The number of aromatic nitrogens is 4. The number of hydrogen-bond donors (Lipinski definition) is 2. The first-order valence-electron chi connectivity index (χ1n) is 10.3. The summed E-state index contributed by atoms with van der Waals surface area (Å²) >= 11 is 0. The summed E-state index contributed by atoms with van der Waals surface area (Å²) in [4.78, 5) is 21.6. The fraction of sp³-hybridized carbons (Fsp3) is 0.273. The summed E-state index contributed by atoms with van der Waals surface area (Å²) in [7, 11) is 0. The number of para-hydroxylation sites is 1. The molecular weight excluding hydrogens is 421 g/mol. The third-order valence-electron chi connectivity index (χ3n) is 5.47. The van der Waals surface area contributed by atoms with Crippen LogP contribution >= 0.6 is 0 Å². The first-order valence-corrected chi connectivity index (χ1v) is 10.3. The SMILES string of the molecule is O=C1NCCCC[C@H]1Nc1nc2ccccc2c2nc(-c3cccc(C(F)(F)F)c3)nn12. The molecule has 0 spiro atoms. The van der Waals surface area contributed by atoms with Crippen molar-refractivity contribution in [2.24, 2.45) is 0 Å². The Kier molecular flexibility index (Phi) is 4.91. The second-order valence-corrected chi connectivity index (χ2v) is 7.69. The van der Waals surface area contributed by atoms with Crippen LogP contribution in [-0.4, -0.2) is 38.1 Å². The van der Waals surface area contributed by atoms with Gasteiger partial charge in [0.2, 0.25) is 11.9 Å². The number of alkyl halides is 3. The molecule has 3 heterocycles. The molecule has 0 aliphatic carbocycles. The normalized spacial score (nSPS) is 17.3. The molecule has 1 aliphatic rings. The molecule has 1 amide bonds. The molecule has 2 N–H and O–H groups in total. The van der Waals surface area contributed by atoms with Crippen LogP contribution in [0, 0.1) is 0 Å². The third-order valence-corrected chi connectivity index (χ3v) is 5.47. The number of anilines is 1. The lowest BCUT2D eigenvalue weighted by Gasteiger charge is -2.16. The van der Waals surface area contributed by atoms with Crippen molar-refractivity contribution in [3.8, 4) is 11.4 Å². The summed E-state index contributed by atoms with van der Waals surface area (Å²) in [5, 5.41) is 11.2.